The minimum Gasteiger partial charge on any atom is -0.338 e. The van der Waals surface area contributed by atoms with E-state index in [0.717, 1.165) is 25.3 Å². The maximum absolute atomic E-state index is 14.1. The summed E-state index contributed by atoms with van der Waals surface area (Å²) in [5.41, 5.74) is 5.98. The minimum atomic E-state index is -0.790. The zero-order chi connectivity index (χ0) is 15.1. The van der Waals surface area contributed by atoms with Gasteiger partial charge in [0.1, 0.15) is 17.2 Å². The first kappa shape index (κ1) is 14.4. The first-order valence-electron chi connectivity index (χ1n) is 7.48. The molecule has 3 nitrogen and oxygen atoms in total. The summed E-state index contributed by atoms with van der Waals surface area (Å²) in [6.07, 6.45) is 3.08. The number of carbonyl (C=O) groups is 1. The molecule has 1 saturated carbocycles. The number of halogens is 2. The van der Waals surface area contributed by atoms with Crippen LogP contribution >= 0.6 is 0 Å². The highest BCUT2D eigenvalue weighted by Gasteiger charge is 2.41. The third-order valence-corrected chi connectivity index (χ3v) is 4.94. The summed E-state index contributed by atoms with van der Waals surface area (Å²) in [7, 11) is 0. The van der Waals surface area contributed by atoms with E-state index < -0.39 is 23.1 Å². The Labute approximate surface area is 123 Å². The lowest BCUT2D eigenvalue weighted by molar-refractivity contribution is 0.0773. The van der Waals surface area contributed by atoms with E-state index in [2.05, 4.69) is 0 Å². The molecular weight excluding hydrogens is 274 g/mol. The predicted octanol–water partition coefficient (Wildman–Crippen LogP) is 2.47. The summed E-state index contributed by atoms with van der Waals surface area (Å²) in [5, 5.41) is 0. The number of aryl methyl sites for hydroxylation is 1. The molecular formula is C16H20F2N2O. The molecule has 2 fully saturated rings. The van der Waals surface area contributed by atoms with E-state index in [-0.39, 0.29) is 17.5 Å². The van der Waals surface area contributed by atoms with Crippen molar-refractivity contribution in [3.8, 4) is 0 Å². The van der Waals surface area contributed by atoms with Crippen LogP contribution in [-0.4, -0.2) is 29.9 Å². The van der Waals surface area contributed by atoms with Gasteiger partial charge in [0.15, 0.2) is 0 Å². The standard InChI is InChI=1S/C16H20F2N2O/c1-9-5-6-12(17)14(15(9)18)16(21)20-7-10-3-2-4-13(19)11(10)8-20/h5-6,10-11,13H,2-4,7-8,19H2,1H3. The van der Waals surface area contributed by atoms with Crippen LogP contribution in [-0.2, 0) is 0 Å². The van der Waals surface area contributed by atoms with Gasteiger partial charge in [-0.3, -0.25) is 4.79 Å². The zero-order valence-corrected chi connectivity index (χ0v) is 12.1. The first-order valence-corrected chi connectivity index (χ1v) is 7.48. The Morgan fingerprint density at radius 1 is 1.29 bits per heavy atom. The fraction of sp³-hybridized carbons (Fsp3) is 0.562. The number of hydrogen-bond donors (Lipinski definition) is 1. The van der Waals surface area contributed by atoms with Gasteiger partial charge in [-0.1, -0.05) is 12.5 Å². The van der Waals surface area contributed by atoms with Crippen molar-refractivity contribution in [1.29, 1.82) is 0 Å². The third-order valence-electron chi connectivity index (χ3n) is 4.94. The van der Waals surface area contributed by atoms with Crippen molar-refractivity contribution >= 4 is 5.91 Å². The van der Waals surface area contributed by atoms with Crippen LogP contribution in [0, 0.1) is 30.4 Å². The monoisotopic (exact) mass is 294 g/mol. The van der Waals surface area contributed by atoms with Crippen LogP contribution < -0.4 is 5.73 Å². The summed E-state index contributed by atoms with van der Waals surface area (Å²) in [4.78, 5) is 14.1. The molecule has 21 heavy (non-hydrogen) atoms. The summed E-state index contributed by atoms with van der Waals surface area (Å²) >= 11 is 0. The van der Waals surface area contributed by atoms with Crippen molar-refractivity contribution in [2.75, 3.05) is 13.1 Å². The number of fused-ring (bicyclic) bond motifs is 1. The largest absolute Gasteiger partial charge is 0.338 e. The number of likely N-dealkylation sites (tertiary alicyclic amines) is 1. The average molecular weight is 294 g/mol. The van der Waals surface area contributed by atoms with Gasteiger partial charge in [0.05, 0.1) is 0 Å². The van der Waals surface area contributed by atoms with Crippen LogP contribution in [0.25, 0.3) is 0 Å². The van der Waals surface area contributed by atoms with Crippen LogP contribution in [0.2, 0.25) is 0 Å². The van der Waals surface area contributed by atoms with E-state index in [1.165, 1.54) is 13.0 Å². The Morgan fingerprint density at radius 2 is 2.05 bits per heavy atom. The van der Waals surface area contributed by atoms with Gasteiger partial charge in [-0.2, -0.15) is 0 Å². The lowest BCUT2D eigenvalue weighted by Gasteiger charge is -2.29. The van der Waals surface area contributed by atoms with Crippen molar-refractivity contribution in [3.63, 3.8) is 0 Å². The molecule has 1 aromatic rings. The van der Waals surface area contributed by atoms with Gasteiger partial charge in [0.2, 0.25) is 0 Å². The van der Waals surface area contributed by atoms with Gasteiger partial charge in [0.25, 0.3) is 5.91 Å². The second-order valence-corrected chi connectivity index (χ2v) is 6.28. The molecule has 3 rings (SSSR count). The number of amides is 1. The van der Waals surface area contributed by atoms with Gasteiger partial charge < -0.3 is 10.6 Å². The fourth-order valence-corrected chi connectivity index (χ4v) is 3.69. The Kier molecular flexibility index (Phi) is 3.69. The normalized spacial score (nSPS) is 28.6. The Balaban J connectivity index is 1.86. The second-order valence-electron chi connectivity index (χ2n) is 6.28. The second kappa shape index (κ2) is 5.37. The predicted molar refractivity (Wildman–Crippen MR) is 75.8 cm³/mol. The molecule has 1 aliphatic carbocycles. The van der Waals surface area contributed by atoms with Crippen molar-refractivity contribution < 1.29 is 13.6 Å². The number of nitrogens with zero attached hydrogens (tertiary/aromatic N) is 1. The van der Waals surface area contributed by atoms with E-state index in [4.69, 9.17) is 5.73 Å². The van der Waals surface area contributed by atoms with Crippen molar-refractivity contribution in [3.05, 3.63) is 34.9 Å². The van der Waals surface area contributed by atoms with Gasteiger partial charge in [-0.25, -0.2) is 8.78 Å². The summed E-state index contributed by atoms with van der Waals surface area (Å²) < 4.78 is 28.0. The van der Waals surface area contributed by atoms with Gasteiger partial charge >= 0.3 is 0 Å². The molecule has 2 aliphatic rings. The quantitative estimate of drug-likeness (QED) is 0.865. The minimum absolute atomic E-state index is 0.0914. The van der Waals surface area contributed by atoms with Gasteiger partial charge in [-0.05, 0) is 43.2 Å². The van der Waals surface area contributed by atoms with Gasteiger partial charge in [0, 0.05) is 19.1 Å². The summed E-state index contributed by atoms with van der Waals surface area (Å²) in [6.45, 7) is 2.60. The van der Waals surface area contributed by atoms with E-state index in [1.54, 1.807) is 4.90 Å². The Morgan fingerprint density at radius 3 is 2.76 bits per heavy atom. The van der Waals surface area contributed by atoms with Crippen LogP contribution in [0.4, 0.5) is 8.78 Å². The maximum Gasteiger partial charge on any atom is 0.259 e. The fourth-order valence-electron chi connectivity index (χ4n) is 3.69. The highest BCUT2D eigenvalue weighted by molar-refractivity contribution is 5.95. The molecule has 1 aliphatic heterocycles. The first-order chi connectivity index (χ1) is 9.99. The smallest absolute Gasteiger partial charge is 0.259 e. The number of hydrogen-bond acceptors (Lipinski definition) is 2. The number of nitrogens with two attached hydrogens (primary N) is 1. The van der Waals surface area contributed by atoms with Crippen molar-refractivity contribution in [2.24, 2.45) is 17.6 Å². The highest BCUT2D eigenvalue weighted by atomic mass is 19.1. The maximum atomic E-state index is 14.1. The van der Waals surface area contributed by atoms with E-state index >= 15 is 0 Å². The molecule has 1 aromatic carbocycles. The number of rotatable bonds is 1. The van der Waals surface area contributed by atoms with Crippen LogP contribution in [0.1, 0.15) is 35.2 Å². The van der Waals surface area contributed by atoms with Crippen molar-refractivity contribution in [1.82, 2.24) is 4.90 Å². The molecule has 114 valence electrons. The van der Waals surface area contributed by atoms with Crippen LogP contribution in [0.3, 0.4) is 0 Å². The molecule has 0 aromatic heterocycles. The molecule has 3 unspecified atom stereocenters. The zero-order valence-electron chi connectivity index (χ0n) is 12.1. The molecule has 1 saturated heterocycles. The van der Waals surface area contributed by atoms with Crippen molar-refractivity contribution in [2.45, 2.75) is 32.2 Å². The lowest BCUT2D eigenvalue weighted by Crippen LogP contribution is -2.38. The molecule has 1 heterocycles. The summed E-state index contributed by atoms with van der Waals surface area (Å²) in [5.74, 6) is -1.45. The van der Waals surface area contributed by atoms with Gasteiger partial charge in [-0.15, -0.1) is 0 Å². The van der Waals surface area contributed by atoms with E-state index in [1.807, 2.05) is 0 Å². The van der Waals surface area contributed by atoms with Crippen LogP contribution in [0.5, 0.6) is 0 Å². The van der Waals surface area contributed by atoms with E-state index in [9.17, 15) is 13.6 Å². The van der Waals surface area contributed by atoms with Crippen LogP contribution in [0.15, 0.2) is 12.1 Å². The van der Waals surface area contributed by atoms with E-state index in [0.29, 0.717) is 19.0 Å². The molecule has 5 heteroatoms. The highest BCUT2D eigenvalue weighted by Crippen LogP contribution is 2.36. The number of benzene rings is 1. The third kappa shape index (κ3) is 2.44. The Bertz CT molecular complexity index is 576. The molecule has 2 N–H and O–H groups in total. The molecule has 3 atom stereocenters. The lowest BCUT2D eigenvalue weighted by atomic mass is 9.78. The molecule has 0 bridgehead atoms. The summed E-state index contributed by atoms with van der Waals surface area (Å²) in [6, 6.07) is 2.59. The topological polar surface area (TPSA) is 46.3 Å². The SMILES string of the molecule is Cc1ccc(F)c(C(=O)N2CC3CCCC(N)C3C2)c1F. The average Bonchev–Trinajstić information content (AvgIpc) is 2.89. The number of carbonyl (C=O) groups excluding carboxylic acids is 1. The molecule has 0 radical (unpaired) electrons. The molecule has 1 amide bonds. The Hall–Kier alpha value is -1.49. The molecule has 0 spiro atoms.